The Balaban J connectivity index is 1.96. The second kappa shape index (κ2) is 3.37. The van der Waals surface area contributed by atoms with E-state index in [4.69, 9.17) is 5.73 Å². The quantitative estimate of drug-likeness (QED) is 0.638. The van der Waals surface area contributed by atoms with Crippen LogP contribution in [0.25, 0.3) is 0 Å². The third-order valence-electron chi connectivity index (χ3n) is 3.91. The lowest BCUT2D eigenvalue weighted by Gasteiger charge is -2.40. The fraction of sp³-hybridized carbons (Fsp3) is 1.00. The van der Waals surface area contributed by atoms with Crippen molar-refractivity contribution in [2.24, 2.45) is 23.5 Å². The van der Waals surface area contributed by atoms with Gasteiger partial charge in [0.2, 0.25) is 0 Å². The van der Waals surface area contributed by atoms with E-state index >= 15 is 0 Å². The molecule has 2 aliphatic carbocycles. The molecule has 0 saturated heterocycles. The Morgan fingerprint density at radius 2 is 1.67 bits per heavy atom. The van der Waals surface area contributed by atoms with Crippen LogP contribution in [0.15, 0.2) is 0 Å². The SMILES string of the molecule is CC(N)C1CC2CCC[C@@H](C2)C1. The fourth-order valence-corrected chi connectivity index (χ4v) is 3.21. The van der Waals surface area contributed by atoms with Crippen LogP contribution in [0.5, 0.6) is 0 Å². The molecule has 1 heteroatoms. The third kappa shape index (κ3) is 1.66. The van der Waals surface area contributed by atoms with E-state index in [1.807, 2.05) is 0 Å². The number of hydrogen-bond donors (Lipinski definition) is 1. The van der Waals surface area contributed by atoms with Gasteiger partial charge in [0.25, 0.3) is 0 Å². The maximum absolute atomic E-state index is 5.97. The highest BCUT2D eigenvalue weighted by atomic mass is 14.6. The minimum absolute atomic E-state index is 0.438. The highest BCUT2D eigenvalue weighted by molar-refractivity contribution is 4.85. The van der Waals surface area contributed by atoms with Crippen LogP contribution in [0.2, 0.25) is 0 Å². The monoisotopic (exact) mass is 167 g/mol. The summed E-state index contributed by atoms with van der Waals surface area (Å²) < 4.78 is 0. The smallest absolute Gasteiger partial charge is 0.00389 e. The zero-order valence-corrected chi connectivity index (χ0v) is 8.13. The highest BCUT2D eigenvalue weighted by Crippen LogP contribution is 2.43. The van der Waals surface area contributed by atoms with E-state index in [2.05, 4.69) is 6.92 Å². The first-order valence-corrected chi connectivity index (χ1v) is 5.51. The lowest BCUT2D eigenvalue weighted by Crippen LogP contribution is -2.36. The van der Waals surface area contributed by atoms with Crippen LogP contribution in [0.3, 0.4) is 0 Å². The third-order valence-corrected chi connectivity index (χ3v) is 3.91. The molecule has 2 N–H and O–H groups in total. The molecule has 4 atom stereocenters. The van der Waals surface area contributed by atoms with Gasteiger partial charge < -0.3 is 5.73 Å². The number of nitrogens with two attached hydrogens (primary N) is 1. The molecule has 12 heavy (non-hydrogen) atoms. The maximum atomic E-state index is 5.97. The van der Waals surface area contributed by atoms with Gasteiger partial charge in [-0.25, -0.2) is 0 Å². The van der Waals surface area contributed by atoms with E-state index in [0.717, 1.165) is 17.8 Å². The molecule has 2 bridgehead atoms. The summed E-state index contributed by atoms with van der Waals surface area (Å²) in [6.07, 6.45) is 8.83. The van der Waals surface area contributed by atoms with Crippen LogP contribution in [0, 0.1) is 17.8 Å². The Labute approximate surface area is 75.7 Å². The van der Waals surface area contributed by atoms with Crippen LogP contribution in [-0.2, 0) is 0 Å². The van der Waals surface area contributed by atoms with Gasteiger partial charge in [0.1, 0.15) is 0 Å². The summed E-state index contributed by atoms with van der Waals surface area (Å²) in [4.78, 5) is 0. The van der Waals surface area contributed by atoms with Gasteiger partial charge in [-0.2, -0.15) is 0 Å². The summed E-state index contributed by atoms with van der Waals surface area (Å²) in [7, 11) is 0. The zero-order valence-electron chi connectivity index (χ0n) is 8.13. The van der Waals surface area contributed by atoms with Gasteiger partial charge in [-0.15, -0.1) is 0 Å². The minimum Gasteiger partial charge on any atom is -0.328 e. The molecule has 2 fully saturated rings. The zero-order chi connectivity index (χ0) is 8.55. The van der Waals surface area contributed by atoms with Crippen molar-refractivity contribution in [1.82, 2.24) is 0 Å². The first kappa shape index (κ1) is 8.55. The second-order valence-corrected chi connectivity index (χ2v) is 4.99. The van der Waals surface area contributed by atoms with Gasteiger partial charge in [-0.3, -0.25) is 0 Å². The number of fused-ring (bicyclic) bond motifs is 2. The molecule has 0 aliphatic heterocycles. The van der Waals surface area contributed by atoms with Crippen LogP contribution in [-0.4, -0.2) is 6.04 Å². The molecule has 2 aliphatic rings. The Morgan fingerprint density at radius 1 is 1.08 bits per heavy atom. The summed E-state index contributed by atoms with van der Waals surface area (Å²) in [5, 5.41) is 0. The summed E-state index contributed by atoms with van der Waals surface area (Å²) in [5.74, 6) is 2.91. The van der Waals surface area contributed by atoms with Gasteiger partial charge in [0.15, 0.2) is 0 Å². The van der Waals surface area contributed by atoms with Crippen LogP contribution in [0.1, 0.15) is 45.4 Å². The topological polar surface area (TPSA) is 26.0 Å². The fourth-order valence-electron chi connectivity index (χ4n) is 3.21. The van der Waals surface area contributed by atoms with Crippen molar-refractivity contribution in [1.29, 1.82) is 0 Å². The predicted octanol–water partition coefficient (Wildman–Crippen LogP) is 2.55. The first-order chi connectivity index (χ1) is 5.75. The molecule has 0 aromatic carbocycles. The molecular weight excluding hydrogens is 146 g/mol. The van der Waals surface area contributed by atoms with Crippen molar-refractivity contribution in [3.63, 3.8) is 0 Å². The molecule has 0 radical (unpaired) electrons. The van der Waals surface area contributed by atoms with E-state index in [-0.39, 0.29) is 0 Å². The molecule has 0 aromatic heterocycles. The first-order valence-electron chi connectivity index (χ1n) is 5.51. The Kier molecular flexibility index (Phi) is 2.40. The minimum atomic E-state index is 0.438. The number of rotatable bonds is 1. The lowest BCUT2D eigenvalue weighted by molar-refractivity contribution is 0.125. The summed E-state index contributed by atoms with van der Waals surface area (Å²) in [6, 6.07) is 0.438. The van der Waals surface area contributed by atoms with Crippen molar-refractivity contribution >= 4 is 0 Å². The summed E-state index contributed by atoms with van der Waals surface area (Å²) in [6.45, 7) is 2.19. The van der Waals surface area contributed by atoms with Crippen molar-refractivity contribution < 1.29 is 0 Å². The van der Waals surface area contributed by atoms with Gasteiger partial charge in [0, 0.05) is 6.04 Å². The highest BCUT2D eigenvalue weighted by Gasteiger charge is 2.32. The lowest BCUT2D eigenvalue weighted by atomic mass is 9.66. The van der Waals surface area contributed by atoms with Gasteiger partial charge in [-0.1, -0.05) is 19.3 Å². The molecule has 1 nitrogen and oxygen atoms in total. The Hall–Kier alpha value is -0.0400. The average molecular weight is 167 g/mol. The van der Waals surface area contributed by atoms with Crippen molar-refractivity contribution in [3.8, 4) is 0 Å². The Morgan fingerprint density at radius 3 is 2.17 bits per heavy atom. The second-order valence-electron chi connectivity index (χ2n) is 4.99. The van der Waals surface area contributed by atoms with Crippen molar-refractivity contribution in [3.05, 3.63) is 0 Å². The van der Waals surface area contributed by atoms with E-state index in [1.165, 1.54) is 38.5 Å². The summed E-state index contributed by atoms with van der Waals surface area (Å²) in [5.41, 5.74) is 5.97. The average Bonchev–Trinajstić information content (AvgIpc) is 2.03. The van der Waals surface area contributed by atoms with Crippen LogP contribution in [0.4, 0.5) is 0 Å². The molecule has 0 spiro atoms. The Bertz CT molecular complexity index is 141. The maximum Gasteiger partial charge on any atom is 0.00389 e. The molecular formula is C11H21N. The van der Waals surface area contributed by atoms with Crippen molar-refractivity contribution in [2.45, 2.75) is 51.5 Å². The van der Waals surface area contributed by atoms with Gasteiger partial charge >= 0.3 is 0 Å². The van der Waals surface area contributed by atoms with E-state index in [9.17, 15) is 0 Å². The van der Waals surface area contributed by atoms with Crippen molar-refractivity contribution in [2.75, 3.05) is 0 Å². The largest absolute Gasteiger partial charge is 0.328 e. The van der Waals surface area contributed by atoms with E-state index in [1.54, 1.807) is 0 Å². The van der Waals surface area contributed by atoms with Crippen LogP contribution >= 0.6 is 0 Å². The van der Waals surface area contributed by atoms with Gasteiger partial charge in [0.05, 0.1) is 0 Å². The molecule has 2 saturated carbocycles. The molecule has 0 heterocycles. The van der Waals surface area contributed by atoms with Gasteiger partial charge in [-0.05, 0) is 43.9 Å². The molecule has 0 aromatic rings. The predicted molar refractivity (Wildman–Crippen MR) is 51.8 cm³/mol. The normalized spacial score (nSPS) is 44.0. The molecule has 70 valence electrons. The molecule has 0 amide bonds. The summed E-state index contributed by atoms with van der Waals surface area (Å²) >= 11 is 0. The molecule has 2 rings (SSSR count). The van der Waals surface area contributed by atoms with E-state index in [0.29, 0.717) is 6.04 Å². The molecule has 3 unspecified atom stereocenters. The van der Waals surface area contributed by atoms with E-state index < -0.39 is 0 Å². The number of hydrogen-bond acceptors (Lipinski definition) is 1. The van der Waals surface area contributed by atoms with Crippen LogP contribution < -0.4 is 5.73 Å². The standard InChI is InChI=1S/C11H21N/c1-8(12)11-6-9-3-2-4-10(5-9)7-11/h8-11H,2-7,12H2,1H3/t8?,9-,10?,11?/m0/s1.